The highest BCUT2D eigenvalue weighted by Gasteiger charge is 2.25. The summed E-state index contributed by atoms with van der Waals surface area (Å²) < 4.78 is 22.9. The molecule has 8 heteroatoms. The van der Waals surface area contributed by atoms with Crippen molar-refractivity contribution in [2.24, 2.45) is 0 Å². The molecule has 0 aliphatic carbocycles. The largest absolute Gasteiger partial charge is 0.364 e. The molecule has 0 aromatic carbocycles. The lowest BCUT2D eigenvalue weighted by Gasteiger charge is -2.26. The monoisotopic (exact) mass is 360 g/mol. The smallest absolute Gasteiger partial charge is 0.255 e. The van der Waals surface area contributed by atoms with Gasteiger partial charge in [-0.2, -0.15) is 0 Å². The fraction of sp³-hybridized carbons (Fsp3) is 0.353. The summed E-state index contributed by atoms with van der Waals surface area (Å²) in [6.45, 7) is 3.02. The van der Waals surface area contributed by atoms with Gasteiger partial charge in [0.25, 0.3) is 5.91 Å². The van der Waals surface area contributed by atoms with E-state index in [0.29, 0.717) is 17.9 Å². The van der Waals surface area contributed by atoms with Gasteiger partial charge in [0, 0.05) is 25.5 Å². The van der Waals surface area contributed by atoms with Crippen LogP contribution < -0.4 is 5.32 Å². The van der Waals surface area contributed by atoms with E-state index in [4.69, 9.17) is 0 Å². The van der Waals surface area contributed by atoms with Crippen molar-refractivity contribution in [3.63, 3.8) is 0 Å². The molecule has 132 valence electrons. The van der Waals surface area contributed by atoms with Crippen LogP contribution >= 0.6 is 0 Å². The zero-order valence-corrected chi connectivity index (χ0v) is 14.8. The molecule has 0 saturated carbocycles. The van der Waals surface area contributed by atoms with Crippen LogP contribution in [0.25, 0.3) is 0 Å². The summed E-state index contributed by atoms with van der Waals surface area (Å²) in [5.74, 6) is 0.516. The lowest BCUT2D eigenvalue weighted by atomic mass is 10.2. The van der Waals surface area contributed by atoms with Crippen LogP contribution in [0.5, 0.6) is 0 Å². The van der Waals surface area contributed by atoms with Crippen LogP contribution in [0, 0.1) is 6.92 Å². The van der Waals surface area contributed by atoms with Crippen molar-refractivity contribution in [3.8, 4) is 0 Å². The summed E-state index contributed by atoms with van der Waals surface area (Å²) in [5.41, 5.74) is 2.50. The number of rotatable bonds is 4. The Labute approximate surface area is 147 Å². The first-order valence-corrected chi connectivity index (χ1v) is 9.87. The fourth-order valence-electron chi connectivity index (χ4n) is 2.60. The molecule has 3 heterocycles. The molecule has 0 atom stereocenters. The highest BCUT2D eigenvalue weighted by Crippen LogP contribution is 2.12. The highest BCUT2D eigenvalue weighted by molar-refractivity contribution is 7.91. The van der Waals surface area contributed by atoms with E-state index < -0.39 is 9.84 Å². The van der Waals surface area contributed by atoms with E-state index in [1.807, 2.05) is 19.1 Å². The van der Waals surface area contributed by atoms with E-state index in [2.05, 4.69) is 15.3 Å². The van der Waals surface area contributed by atoms with Crippen LogP contribution in [-0.2, 0) is 16.4 Å². The summed E-state index contributed by atoms with van der Waals surface area (Å²) in [7, 11) is -3.00. The zero-order chi connectivity index (χ0) is 17.9. The molecule has 1 fully saturated rings. The molecule has 25 heavy (non-hydrogen) atoms. The third-order valence-corrected chi connectivity index (χ3v) is 5.81. The maximum Gasteiger partial charge on any atom is 0.255 e. The van der Waals surface area contributed by atoms with Gasteiger partial charge in [-0.1, -0.05) is 6.07 Å². The third kappa shape index (κ3) is 4.33. The molecular formula is C17H20N4O3S. The molecular weight excluding hydrogens is 340 g/mol. The first-order chi connectivity index (χ1) is 11.9. The second-order valence-corrected chi connectivity index (χ2v) is 8.30. The molecule has 1 N–H and O–H groups in total. The van der Waals surface area contributed by atoms with Gasteiger partial charge in [-0.3, -0.25) is 9.78 Å². The minimum absolute atomic E-state index is 0.0231. The van der Waals surface area contributed by atoms with Gasteiger partial charge >= 0.3 is 0 Å². The second kappa shape index (κ2) is 7.18. The molecule has 0 unspecified atom stereocenters. The number of carbonyl (C=O) groups excluding carboxylic acids is 1. The topological polar surface area (TPSA) is 92.3 Å². The van der Waals surface area contributed by atoms with Gasteiger partial charge in [0.1, 0.15) is 5.82 Å². The minimum Gasteiger partial charge on any atom is -0.364 e. The second-order valence-electron chi connectivity index (χ2n) is 6.00. The number of amides is 1. The maximum absolute atomic E-state index is 12.4. The molecule has 1 amide bonds. The maximum atomic E-state index is 12.4. The van der Waals surface area contributed by atoms with E-state index in [0.717, 1.165) is 11.3 Å². The lowest BCUT2D eigenvalue weighted by Crippen LogP contribution is -2.43. The summed E-state index contributed by atoms with van der Waals surface area (Å²) in [4.78, 5) is 22.5. The molecule has 0 radical (unpaired) electrons. The minimum atomic E-state index is -3.00. The van der Waals surface area contributed by atoms with Gasteiger partial charge in [0.05, 0.1) is 29.3 Å². The van der Waals surface area contributed by atoms with Crippen molar-refractivity contribution in [3.05, 3.63) is 53.5 Å². The average molecular weight is 360 g/mol. The third-order valence-electron chi connectivity index (χ3n) is 4.20. The van der Waals surface area contributed by atoms with E-state index in [-0.39, 0.29) is 30.5 Å². The Kier molecular flexibility index (Phi) is 4.98. The Balaban J connectivity index is 1.60. The number of pyridine rings is 2. The molecule has 7 nitrogen and oxygen atoms in total. The molecule has 1 aliphatic heterocycles. The summed E-state index contributed by atoms with van der Waals surface area (Å²) in [6, 6.07) is 7.33. The van der Waals surface area contributed by atoms with Gasteiger partial charge in [0.2, 0.25) is 0 Å². The molecule has 3 rings (SSSR count). The molecule has 0 bridgehead atoms. The average Bonchev–Trinajstić information content (AvgIpc) is 2.61. The molecule has 1 aliphatic rings. The van der Waals surface area contributed by atoms with Crippen LogP contribution in [0.3, 0.4) is 0 Å². The zero-order valence-electron chi connectivity index (χ0n) is 14.0. The predicted molar refractivity (Wildman–Crippen MR) is 95.1 cm³/mol. The SMILES string of the molecule is Cc1cccnc1CNc1ccc(C(=O)N2CCS(=O)(=O)CC2)cn1. The van der Waals surface area contributed by atoms with Crippen LogP contribution in [0.15, 0.2) is 36.7 Å². The number of hydrogen-bond acceptors (Lipinski definition) is 6. The van der Waals surface area contributed by atoms with Crippen molar-refractivity contribution >= 4 is 21.6 Å². The van der Waals surface area contributed by atoms with E-state index in [9.17, 15) is 13.2 Å². The van der Waals surface area contributed by atoms with Crippen molar-refractivity contribution in [1.82, 2.24) is 14.9 Å². The summed E-state index contributed by atoms with van der Waals surface area (Å²) in [5, 5.41) is 3.18. The van der Waals surface area contributed by atoms with Gasteiger partial charge in [0.15, 0.2) is 9.84 Å². The van der Waals surface area contributed by atoms with Gasteiger partial charge < -0.3 is 10.2 Å². The molecule has 2 aromatic rings. The molecule has 2 aromatic heterocycles. The Hall–Kier alpha value is -2.48. The fourth-order valence-corrected chi connectivity index (χ4v) is 3.80. The van der Waals surface area contributed by atoms with E-state index in [1.54, 1.807) is 23.2 Å². The Morgan fingerprint density at radius 3 is 2.60 bits per heavy atom. The van der Waals surface area contributed by atoms with E-state index >= 15 is 0 Å². The Morgan fingerprint density at radius 2 is 1.96 bits per heavy atom. The number of aryl methyl sites for hydroxylation is 1. The first kappa shape index (κ1) is 17.3. The van der Waals surface area contributed by atoms with Crippen molar-refractivity contribution in [2.45, 2.75) is 13.5 Å². The number of anilines is 1. The number of sulfone groups is 1. The lowest BCUT2D eigenvalue weighted by molar-refractivity contribution is 0.0770. The number of hydrogen-bond donors (Lipinski definition) is 1. The number of nitrogens with one attached hydrogen (secondary N) is 1. The quantitative estimate of drug-likeness (QED) is 0.883. The van der Waals surface area contributed by atoms with Crippen LogP contribution in [0.1, 0.15) is 21.6 Å². The normalized spacial score (nSPS) is 16.4. The number of carbonyl (C=O) groups is 1. The Bertz CT molecular complexity index is 852. The summed E-state index contributed by atoms with van der Waals surface area (Å²) in [6.07, 6.45) is 3.26. The molecule has 1 saturated heterocycles. The standard InChI is InChI=1S/C17H20N4O3S/c1-13-3-2-6-18-15(13)12-20-16-5-4-14(11-19-16)17(22)21-7-9-25(23,24)10-8-21/h2-6,11H,7-10,12H2,1H3,(H,19,20). The van der Waals surface area contributed by atoms with E-state index in [1.165, 1.54) is 6.20 Å². The number of nitrogens with zero attached hydrogens (tertiary/aromatic N) is 3. The van der Waals surface area contributed by atoms with Gasteiger partial charge in [-0.05, 0) is 30.7 Å². The van der Waals surface area contributed by atoms with Crippen LogP contribution in [-0.4, -0.2) is 53.8 Å². The molecule has 0 spiro atoms. The summed E-state index contributed by atoms with van der Waals surface area (Å²) >= 11 is 0. The van der Waals surface area contributed by atoms with Gasteiger partial charge in [-0.25, -0.2) is 13.4 Å². The predicted octanol–water partition coefficient (Wildman–Crippen LogP) is 1.27. The first-order valence-electron chi connectivity index (χ1n) is 8.05. The van der Waals surface area contributed by atoms with Crippen LogP contribution in [0.4, 0.5) is 5.82 Å². The van der Waals surface area contributed by atoms with Gasteiger partial charge in [-0.15, -0.1) is 0 Å². The Morgan fingerprint density at radius 1 is 1.20 bits per heavy atom. The van der Waals surface area contributed by atoms with Crippen molar-refractivity contribution in [2.75, 3.05) is 29.9 Å². The van der Waals surface area contributed by atoms with Crippen molar-refractivity contribution < 1.29 is 13.2 Å². The van der Waals surface area contributed by atoms with Crippen molar-refractivity contribution in [1.29, 1.82) is 0 Å². The highest BCUT2D eigenvalue weighted by atomic mass is 32.2. The van der Waals surface area contributed by atoms with Crippen LogP contribution in [0.2, 0.25) is 0 Å². The number of aromatic nitrogens is 2.